The zero-order valence-corrected chi connectivity index (χ0v) is 16.5. The lowest BCUT2D eigenvalue weighted by Gasteiger charge is -2.26. The van der Waals surface area contributed by atoms with E-state index in [0.29, 0.717) is 6.54 Å². The number of morpholine rings is 1. The highest BCUT2D eigenvalue weighted by Crippen LogP contribution is 2.14. The molecule has 1 aliphatic heterocycles. The molecule has 2 rings (SSSR count). The average molecular weight is 363 g/mol. The lowest BCUT2D eigenvalue weighted by Crippen LogP contribution is -2.40. The Bertz CT molecular complexity index is 525. The van der Waals surface area contributed by atoms with Gasteiger partial charge in [-0.1, -0.05) is 12.1 Å². The third-order valence-corrected chi connectivity index (χ3v) is 4.11. The first kappa shape index (κ1) is 20.5. The van der Waals surface area contributed by atoms with E-state index < -0.39 is 0 Å². The predicted molar refractivity (Wildman–Crippen MR) is 107 cm³/mol. The van der Waals surface area contributed by atoms with Gasteiger partial charge in [0.2, 0.25) is 0 Å². The van der Waals surface area contributed by atoms with Crippen LogP contribution in [-0.2, 0) is 11.3 Å². The van der Waals surface area contributed by atoms with E-state index in [0.717, 1.165) is 64.1 Å². The molecule has 26 heavy (non-hydrogen) atoms. The van der Waals surface area contributed by atoms with E-state index in [1.807, 2.05) is 26.0 Å². The zero-order valence-electron chi connectivity index (χ0n) is 16.5. The SMILES string of the molecule is CCNC(=NCc1ccc(OC(C)C)cc1)NCCCN1CCOCC1. The molecule has 0 aromatic heterocycles. The number of hydrogen-bond donors (Lipinski definition) is 2. The Morgan fingerprint density at radius 3 is 2.58 bits per heavy atom. The number of rotatable bonds is 9. The highest BCUT2D eigenvalue weighted by Gasteiger charge is 2.09. The van der Waals surface area contributed by atoms with Crippen molar-refractivity contribution >= 4 is 5.96 Å². The van der Waals surface area contributed by atoms with Gasteiger partial charge in [0.15, 0.2) is 5.96 Å². The van der Waals surface area contributed by atoms with Gasteiger partial charge in [0.25, 0.3) is 0 Å². The number of aliphatic imine (C=N–C) groups is 1. The number of guanidine groups is 1. The van der Waals surface area contributed by atoms with Crippen LogP contribution < -0.4 is 15.4 Å². The predicted octanol–water partition coefficient (Wildman–Crippen LogP) is 2.25. The summed E-state index contributed by atoms with van der Waals surface area (Å²) in [6.07, 6.45) is 1.30. The highest BCUT2D eigenvalue weighted by atomic mass is 16.5. The number of nitrogens with one attached hydrogen (secondary N) is 2. The smallest absolute Gasteiger partial charge is 0.191 e. The molecule has 0 spiro atoms. The van der Waals surface area contributed by atoms with E-state index in [1.165, 1.54) is 5.56 Å². The van der Waals surface area contributed by atoms with Crippen LogP contribution >= 0.6 is 0 Å². The van der Waals surface area contributed by atoms with Crippen molar-refractivity contribution < 1.29 is 9.47 Å². The Kier molecular flexibility index (Phi) is 9.28. The fourth-order valence-electron chi connectivity index (χ4n) is 2.79. The van der Waals surface area contributed by atoms with Crippen molar-refractivity contribution in [2.24, 2.45) is 4.99 Å². The van der Waals surface area contributed by atoms with Crippen molar-refractivity contribution in [1.29, 1.82) is 0 Å². The topological polar surface area (TPSA) is 58.1 Å². The fraction of sp³-hybridized carbons (Fsp3) is 0.650. The number of hydrogen-bond acceptors (Lipinski definition) is 4. The largest absolute Gasteiger partial charge is 0.491 e. The van der Waals surface area contributed by atoms with Crippen LogP contribution in [0.1, 0.15) is 32.8 Å². The highest BCUT2D eigenvalue weighted by molar-refractivity contribution is 5.79. The molecule has 146 valence electrons. The summed E-state index contributed by atoms with van der Waals surface area (Å²) in [6, 6.07) is 8.16. The second-order valence-corrected chi connectivity index (χ2v) is 6.74. The molecule has 0 aliphatic carbocycles. The Labute approximate surface area is 158 Å². The number of nitrogens with zero attached hydrogens (tertiary/aromatic N) is 2. The van der Waals surface area contributed by atoms with E-state index in [4.69, 9.17) is 9.47 Å². The van der Waals surface area contributed by atoms with Crippen molar-refractivity contribution in [2.45, 2.75) is 39.8 Å². The summed E-state index contributed by atoms with van der Waals surface area (Å²) in [6.45, 7) is 13.5. The summed E-state index contributed by atoms with van der Waals surface area (Å²) in [5, 5.41) is 6.73. The van der Waals surface area contributed by atoms with Gasteiger partial charge in [-0.2, -0.15) is 0 Å². The van der Waals surface area contributed by atoms with Gasteiger partial charge < -0.3 is 20.1 Å². The van der Waals surface area contributed by atoms with Crippen molar-refractivity contribution in [1.82, 2.24) is 15.5 Å². The van der Waals surface area contributed by atoms with E-state index in [-0.39, 0.29) is 6.10 Å². The maximum absolute atomic E-state index is 5.68. The van der Waals surface area contributed by atoms with Crippen molar-refractivity contribution in [2.75, 3.05) is 45.9 Å². The summed E-state index contributed by atoms with van der Waals surface area (Å²) in [4.78, 5) is 7.13. The standard InChI is InChI=1S/C20H34N4O2/c1-4-21-20(22-10-5-11-24-12-14-25-15-13-24)23-16-18-6-8-19(9-7-18)26-17(2)3/h6-9,17H,4-5,10-16H2,1-3H3,(H2,21,22,23). The second-order valence-electron chi connectivity index (χ2n) is 6.74. The van der Waals surface area contributed by atoms with Gasteiger partial charge in [-0.15, -0.1) is 0 Å². The lowest BCUT2D eigenvalue weighted by molar-refractivity contribution is 0.0376. The lowest BCUT2D eigenvalue weighted by atomic mass is 10.2. The molecule has 1 heterocycles. The van der Waals surface area contributed by atoms with Crippen LogP contribution in [0.4, 0.5) is 0 Å². The molecule has 1 aromatic rings. The number of ether oxygens (including phenoxy) is 2. The van der Waals surface area contributed by atoms with E-state index in [9.17, 15) is 0 Å². The van der Waals surface area contributed by atoms with Gasteiger partial charge in [-0.3, -0.25) is 4.90 Å². The molecule has 0 bridgehead atoms. The number of benzene rings is 1. The molecule has 1 aliphatic rings. The molecule has 1 aromatic carbocycles. The van der Waals surface area contributed by atoms with Crippen LogP contribution in [0.2, 0.25) is 0 Å². The molecular formula is C20H34N4O2. The minimum absolute atomic E-state index is 0.195. The quantitative estimate of drug-likeness (QED) is 0.401. The van der Waals surface area contributed by atoms with Crippen LogP contribution in [-0.4, -0.2) is 62.9 Å². The molecule has 6 heteroatoms. The van der Waals surface area contributed by atoms with Gasteiger partial charge >= 0.3 is 0 Å². The Morgan fingerprint density at radius 1 is 1.19 bits per heavy atom. The van der Waals surface area contributed by atoms with Crippen LogP contribution in [0.15, 0.2) is 29.3 Å². The maximum atomic E-state index is 5.68. The summed E-state index contributed by atoms with van der Waals surface area (Å²) < 4.78 is 11.1. The van der Waals surface area contributed by atoms with E-state index in [1.54, 1.807) is 0 Å². The molecule has 1 saturated heterocycles. The molecule has 6 nitrogen and oxygen atoms in total. The summed E-state index contributed by atoms with van der Waals surface area (Å²) >= 11 is 0. The molecule has 0 amide bonds. The Morgan fingerprint density at radius 2 is 1.92 bits per heavy atom. The van der Waals surface area contributed by atoms with Gasteiger partial charge in [0, 0.05) is 26.2 Å². The van der Waals surface area contributed by atoms with Gasteiger partial charge in [-0.05, 0) is 51.4 Å². The van der Waals surface area contributed by atoms with Crippen LogP contribution in [0, 0.1) is 0 Å². The molecule has 1 fully saturated rings. The minimum Gasteiger partial charge on any atom is -0.491 e. The second kappa shape index (κ2) is 11.8. The van der Waals surface area contributed by atoms with Gasteiger partial charge in [0.1, 0.15) is 5.75 Å². The van der Waals surface area contributed by atoms with Crippen molar-refractivity contribution in [3.63, 3.8) is 0 Å². The summed E-state index contributed by atoms with van der Waals surface area (Å²) in [5.74, 6) is 1.78. The minimum atomic E-state index is 0.195. The third-order valence-electron chi connectivity index (χ3n) is 4.11. The average Bonchev–Trinajstić information content (AvgIpc) is 2.64. The van der Waals surface area contributed by atoms with E-state index in [2.05, 4.69) is 39.6 Å². The molecule has 0 saturated carbocycles. The molecule has 0 radical (unpaired) electrons. The van der Waals surface area contributed by atoms with Gasteiger partial charge in [-0.25, -0.2) is 4.99 Å². The van der Waals surface area contributed by atoms with Crippen molar-refractivity contribution in [3.05, 3.63) is 29.8 Å². The van der Waals surface area contributed by atoms with Crippen LogP contribution in [0.5, 0.6) is 5.75 Å². The molecule has 0 atom stereocenters. The Balaban J connectivity index is 1.74. The molecule has 0 unspecified atom stereocenters. The van der Waals surface area contributed by atoms with Crippen LogP contribution in [0.25, 0.3) is 0 Å². The first-order valence-corrected chi connectivity index (χ1v) is 9.75. The van der Waals surface area contributed by atoms with Crippen LogP contribution in [0.3, 0.4) is 0 Å². The zero-order chi connectivity index (χ0) is 18.6. The van der Waals surface area contributed by atoms with Gasteiger partial charge in [0.05, 0.1) is 25.9 Å². The summed E-state index contributed by atoms with van der Waals surface area (Å²) in [7, 11) is 0. The normalized spacial score (nSPS) is 15.9. The summed E-state index contributed by atoms with van der Waals surface area (Å²) in [5.41, 5.74) is 1.17. The Hall–Kier alpha value is -1.79. The monoisotopic (exact) mass is 362 g/mol. The maximum Gasteiger partial charge on any atom is 0.191 e. The van der Waals surface area contributed by atoms with E-state index >= 15 is 0 Å². The van der Waals surface area contributed by atoms with Crippen molar-refractivity contribution in [3.8, 4) is 5.75 Å². The first-order valence-electron chi connectivity index (χ1n) is 9.75. The molecule has 2 N–H and O–H groups in total. The fourth-order valence-corrected chi connectivity index (χ4v) is 2.79. The molecular weight excluding hydrogens is 328 g/mol. The third kappa shape index (κ3) is 8.06. The first-order chi connectivity index (χ1) is 12.7.